The molecular formula is C14H18BrN3O. The van der Waals surface area contributed by atoms with E-state index in [-0.39, 0.29) is 0 Å². The predicted octanol–water partition coefficient (Wildman–Crippen LogP) is 3.56. The highest BCUT2D eigenvalue weighted by molar-refractivity contribution is 9.10. The summed E-state index contributed by atoms with van der Waals surface area (Å²) < 4.78 is 8.09. The molecule has 0 unspecified atom stereocenters. The van der Waals surface area contributed by atoms with E-state index in [9.17, 15) is 0 Å². The third kappa shape index (κ3) is 2.47. The molecule has 2 aromatic rings. The van der Waals surface area contributed by atoms with Crippen LogP contribution in [0.3, 0.4) is 0 Å². The molecule has 0 atom stereocenters. The first-order valence-corrected chi connectivity index (χ1v) is 6.91. The fourth-order valence-corrected chi connectivity index (χ4v) is 2.51. The van der Waals surface area contributed by atoms with Gasteiger partial charge in [0.1, 0.15) is 16.0 Å². The maximum Gasteiger partial charge on any atom is 0.201 e. The lowest BCUT2D eigenvalue weighted by molar-refractivity contribution is 0.407. The molecule has 0 aliphatic heterocycles. The van der Waals surface area contributed by atoms with Gasteiger partial charge in [0.2, 0.25) is 5.95 Å². The first kappa shape index (κ1) is 13.9. The second kappa shape index (κ2) is 5.25. The summed E-state index contributed by atoms with van der Waals surface area (Å²) in [5, 5.41) is 0. The van der Waals surface area contributed by atoms with E-state index in [1.807, 2.05) is 23.7 Å². The number of methoxy groups -OCH3 is 1. The van der Waals surface area contributed by atoms with Crippen molar-refractivity contribution >= 4 is 21.9 Å². The minimum absolute atomic E-state index is 0.384. The van der Waals surface area contributed by atoms with Gasteiger partial charge in [0.25, 0.3) is 0 Å². The lowest BCUT2D eigenvalue weighted by Crippen LogP contribution is -1.96. The Labute approximate surface area is 121 Å². The van der Waals surface area contributed by atoms with Crippen molar-refractivity contribution in [3.8, 4) is 17.0 Å². The Hall–Kier alpha value is -1.49. The van der Waals surface area contributed by atoms with Gasteiger partial charge in [0, 0.05) is 12.6 Å². The SMILES string of the molecule is COc1ccc(-c2nc(N)n(C)c2Br)cc1C(C)C. The Kier molecular flexibility index (Phi) is 3.85. The second-order valence-electron chi connectivity index (χ2n) is 4.78. The molecule has 0 aliphatic carbocycles. The van der Waals surface area contributed by atoms with Crippen molar-refractivity contribution in [3.05, 3.63) is 28.4 Å². The molecule has 0 bridgehead atoms. The number of nitrogens with two attached hydrogens (primary N) is 1. The Balaban J connectivity index is 2.57. The first-order valence-electron chi connectivity index (χ1n) is 6.11. The molecule has 0 saturated carbocycles. The molecule has 1 aromatic heterocycles. The fraction of sp³-hybridized carbons (Fsp3) is 0.357. The Bertz CT molecular complexity index is 605. The van der Waals surface area contributed by atoms with E-state index in [1.165, 1.54) is 0 Å². The number of nitrogens with zero attached hydrogens (tertiary/aromatic N) is 2. The summed E-state index contributed by atoms with van der Waals surface area (Å²) in [5.41, 5.74) is 8.88. The molecular weight excluding hydrogens is 306 g/mol. The van der Waals surface area contributed by atoms with E-state index >= 15 is 0 Å². The van der Waals surface area contributed by atoms with Crippen LogP contribution in [0.25, 0.3) is 11.3 Å². The molecule has 102 valence electrons. The van der Waals surface area contributed by atoms with Crippen molar-refractivity contribution in [3.63, 3.8) is 0 Å². The number of imidazole rings is 1. The van der Waals surface area contributed by atoms with Gasteiger partial charge < -0.3 is 15.0 Å². The highest BCUT2D eigenvalue weighted by Gasteiger charge is 2.15. The number of anilines is 1. The molecule has 4 nitrogen and oxygen atoms in total. The summed E-state index contributed by atoms with van der Waals surface area (Å²) in [6.07, 6.45) is 0. The van der Waals surface area contributed by atoms with Crippen molar-refractivity contribution in [2.45, 2.75) is 19.8 Å². The number of rotatable bonds is 3. The molecule has 5 heteroatoms. The van der Waals surface area contributed by atoms with Gasteiger partial charge in [-0.25, -0.2) is 4.98 Å². The molecule has 0 radical (unpaired) electrons. The van der Waals surface area contributed by atoms with E-state index in [0.29, 0.717) is 11.9 Å². The van der Waals surface area contributed by atoms with Gasteiger partial charge in [0.05, 0.1) is 7.11 Å². The van der Waals surface area contributed by atoms with Crippen LogP contribution in [0.15, 0.2) is 22.8 Å². The van der Waals surface area contributed by atoms with Crippen molar-refractivity contribution in [1.82, 2.24) is 9.55 Å². The molecule has 0 fully saturated rings. The molecule has 1 aromatic carbocycles. The lowest BCUT2D eigenvalue weighted by atomic mass is 9.98. The fourth-order valence-electron chi connectivity index (χ4n) is 2.01. The Morgan fingerprint density at radius 3 is 2.53 bits per heavy atom. The summed E-state index contributed by atoms with van der Waals surface area (Å²) in [7, 11) is 3.57. The summed E-state index contributed by atoms with van der Waals surface area (Å²) in [4.78, 5) is 4.39. The lowest BCUT2D eigenvalue weighted by Gasteiger charge is -2.13. The molecule has 19 heavy (non-hydrogen) atoms. The first-order chi connectivity index (χ1) is 8.95. The van der Waals surface area contributed by atoms with E-state index in [0.717, 1.165) is 27.2 Å². The zero-order valence-corrected chi connectivity index (χ0v) is 13.2. The number of aromatic nitrogens is 2. The van der Waals surface area contributed by atoms with Gasteiger partial charge in [-0.05, 0) is 45.6 Å². The molecule has 0 amide bonds. The molecule has 0 spiro atoms. The number of nitrogen functional groups attached to an aromatic ring is 1. The van der Waals surface area contributed by atoms with Crippen LogP contribution in [0.1, 0.15) is 25.3 Å². The van der Waals surface area contributed by atoms with Gasteiger partial charge in [-0.3, -0.25) is 0 Å². The molecule has 1 heterocycles. The van der Waals surface area contributed by atoms with Crippen LogP contribution in [0, 0.1) is 0 Å². The van der Waals surface area contributed by atoms with Crippen molar-refractivity contribution in [2.24, 2.45) is 7.05 Å². The molecule has 2 rings (SSSR count). The number of hydrogen-bond acceptors (Lipinski definition) is 3. The van der Waals surface area contributed by atoms with Gasteiger partial charge in [-0.1, -0.05) is 13.8 Å². The van der Waals surface area contributed by atoms with Crippen LogP contribution in [0.2, 0.25) is 0 Å². The van der Waals surface area contributed by atoms with Crippen LogP contribution in [-0.2, 0) is 7.05 Å². The Morgan fingerprint density at radius 2 is 2.05 bits per heavy atom. The minimum Gasteiger partial charge on any atom is -0.496 e. The average Bonchev–Trinajstić information content (AvgIpc) is 2.65. The molecule has 0 aliphatic rings. The van der Waals surface area contributed by atoms with E-state index in [2.05, 4.69) is 40.8 Å². The van der Waals surface area contributed by atoms with Crippen LogP contribution in [0.5, 0.6) is 5.75 Å². The zero-order chi connectivity index (χ0) is 14.2. The van der Waals surface area contributed by atoms with Crippen LogP contribution >= 0.6 is 15.9 Å². The summed E-state index contributed by atoms with van der Waals surface area (Å²) >= 11 is 3.52. The molecule has 0 saturated heterocycles. The number of benzene rings is 1. The van der Waals surface area contributed by atoms with Gasteiger partial charge >= 0.3 is 0 Å². The minimum atomic E-state index is 0.384. The maximum atomic E-state index is 5.83. The Morgan fingerprint density at radius 1 is 1.37 bits per heavy atom. The highest BCUT2D eigenvalue weighted by Crippen LogP contribution is 2.34. The number of ether oxygens (including phenoxy) is 1. The highest BCUT2D eigenvalue weighted by atomic mass is 79.9. The molecule has 2 N–H and O–H groups in total. The second-order valence-corrected chi connectivity index (χ2v) is 5.53. The van der Waals surface area contributed by atoms with E-state index in [4.69, 9.17) is 10.5 Å². The van der Waals surface area contributed by atoms with Crippen LogP contribution in [0.4, 0.5) is 5.95 Å². The smallest absolute Gasteiger partial charge is 0.201 e. The van der Waals surface area contributed by atoms with Gasteiger partial charge in [0.15, 0.2) is 0 Å². The average molecular weight is 324 g/mol. The monoisotopic (exact) mass is 323 g/mol. The normalized spacial score (nSPS) is 11.1. The van der Waals surface area contributed by atoms with Gasteiger partial charge in [-0.15, -0.1) is 0 Å². The standard InChI is InChI=1S/C14H18BrN3O/c1-8(2)10-7-9(5-6-11(10)19-4)12-13(15)18(3)14(16)17-12/h5-8H,1-4H3,(H2,16,17). The van der Waals surface area contributed by atoms with E-state index in [1.54, 1.807) is 7.11 Å². The van der Waals surface area contributed by atoms with E-state index < -0.39 is 0 Å². The largest absolute Gasteiger partial charge is 0.496 e. The maximum absolute atomic E-state index is 5.83. The third-order valence-corrected chi connectivity index (χ3v) is 4.09. The summed E-state index contributed by atoms with van der Waals surface area (Å²) in [6.45, 7) is 4.28. The summed E-state index contributed by atoms with van der Waals surface area (Å²) in [6, 6.07) is 6.08. The topological polar surface area (TPSA) is 53.1 Å². The van der Waals surface area contributed by atoms with Crippen LogP contribution < -0.4 is 10.5 Å². The number of hydrogen-bond donors (Lipinski definition) is 1. The van der Waals surface area contributed by atoms with Crippen molar-refractivity contribution in [1.29, 1.82) is 0 Å². The quantitative estimate of drug-likeness (QED) is 0.939. The number of halogens is 1. The van der Waals surface area contributed by atoms with Gasteiger partial charge in [-0.2, -0.15) is 0 Å². The van der Waals surface area contributed by atoms with Crippen molar-refractivity contribution < 1.29 is 4.74 Å². The summed E-state index contributed by atoms with van der Waals surface area (Å²) in [5.74, 6) is 1.78. The predicted molar refractivity (Wildman–Crippen MR) is 81.4 cm³/mol. The van der Waals surface area contributed by atoms with Crippen molar-refractivity contribution in [2.75, 3.05) is 12.8 Å². The van der Waals surface area contributed by atoms with Crippen LogP contribution in [-0.4, -0.2) is 16.7 Å². The third-order valence-electron chi connectivity index (χ3n) is 3.19. The zero-order valence-electron chi connectivity index (χ0n) is 11.6.